The van der Waals surface area contributed by atoms with Gasteiger partial charge in [-0.25, -0.2) is 9.97 Å². The van der Waals surface area contributed by atoms with Crippen LogP contribution in [-0.2, 0) is 4.79 Å². The second kappa shape index (κ2) is 7.70. The Balaban J connectivity index is 1.80. The maximum Gasteiger partial charge on any atom is 0.245 e. The zero-order chi connectivity index (χ0) is 17.8. The largest absolute Gasteiger partial charge is 0.492 e. The lowest BCUT2D eigenvalue weighted by Crippen LogP contribution is -2.41. The van der Waals surface area contributed by atoms with Gasteiger partial charge in [0.15, 0.2) is 0 Å². The number of likely N-dealkylation sites (tertiary alicyclic amines) is 1. The van der Waals surface area contributed by atoms with E-state index in [-0.39, 0.29) is 11.9 Å². The maximum absolute atomic E-state index is 11.7. The van der Waals surface area contributed by atoms with Crippen molar-refractivity contribution in [1.29, 1.82) is 0 Å². The number of carbonyl (C=O) groups is 1. The molecule has 1 amide bonds. The Labute approximate surface area is 151 Å². The third-order valence-electron chi connectivity index (χ3n) is 4.33. The number of fused-ring (bicyclic) bond motifs is 1. The number of nitrogens with zero attached hydrogens (tertiary/aromatic N) is 3. The summed E-state index contributed by atoms with van der Waals surface area (Å²) < 4.78 is 5.76. The highest BCUT2D eigenvalue weighted by Crippen LogP contribution is 2.33. The highest BCUT2D eigenvalue weighted by Gasteiger charge is 2.22. The van der Waals surface area contributed by atoms with Gasteiger partial charge in [-0.2, -0.15) is 0 Å². The van der Waals surface area contributed by atoms with Crippen LogP contribution in [0.25, 0.3) is 10.9 Å². The van der Waals surface area contributed by atoms with E-state index in [4.69, 9.17) is 16.3 Å². The molecule has 1 aliphatic heterocycles. The molecule has 1 saturated heterocycles. The summed E-state index contributed by atoms with van der Waals surface area (Å²) >= 11 is 6.20. The molecule has 3 rings (SSSR count). The number of ether oxygens (including phenoxy) is 1. The molecule has 0 radical (unpaired) electrons. The fraction of sp³-hybridized carbons (Fsp3) is 0.389. The van der Waals surface area contributed by atoms with Crippen LogP contribution in [0.4, 0.5) is 5.69 Å². The van der Waals surface area contributed by atoms with Crippen LogP contribution >= 0.6 is 11.6 Å². The lowest BCUT2D eigenvalue weighted by atomic mass is 10.0. The Hall–Kier alpha value is -2.34. The van der Waals surface area contributed by atoms with E-state index in [1.807, 2.05) is 24.0 Å². The minimum atomic E-state index is -0.0110. The molecule has 1 fully saturated rings. The fourth-order valence-corrected chi connectivity index (χ4v) is 3.23. The van der Waals surface area contributed by atoms with Crippen LogP contribution in [0, 0.1) is 0 Å². The molecule has 0 spiro atoms. The van der Waals surface area contributed by atoms with Gasteiger partial charge in [-0.05, 0) is 31.9 Å². The normalized spacial score (nSPS) is 15.2. The van der Waals surface area contributed by atoms with Crippen molar-refractivity contribution in [3.63, 3.8) is 0 Å². The molecular formula is C18H21ClN4O2. The van der Waals surface area contributed by atoms with Gasteiger partial charge >= 0.3 is 0 Å². The van der Waals surface area contributed by atoms with Gasteiger partial charge in [0.2, 0.25) is 5.91 Å². The standard InChI is InChI=1S/C18H21ClN4O2/c1-3-17(24)23-7-5-12(6-8-23)22-15-9-13-14(10-16(15)25-4-2)20-11-21-18(13)19/h3,9-12,22H,1,4-8H2,2H3. The van der Waals surface area contributed by atoms with Crippen LogP contribution < -0.4 is 10.1 Å². The van der Waals surface area contributed by atoms with E-state index in [1.54, 1.807) is 0 Å². The molecule has 0 atom stereocenters. The van der Waals surface area contributed by atoms with Gasteiger partial charge in [0.1, 0.15) is 17.2 Å². The smallest absolute Gasteiger partial charge is 0.245 e. The summed E-state index contributed by atoms with van der Waals surface area (Å²) in [6.45, 7) is 7.47. The second-order valence-electron chi connectivity index (χ2n) is 5.91. The summed E-state index contributed by atoms with van der Waals surface area (Å²) in [6, 6.07) is 4.07. The monoisotopic (exact) mass is 360 g/mol. The lowest BCUT2D eigenvalue weighted by molar-refractivity contribution is -0.126. The Morgan fingerprint density at radius 1 is 1.44 bits per heavy atom. The number of rotatable bonds is 5. The average molecular weight is 361 g/mol. The van der Waals surface area contributed by atoms with E-state index in [2.05, 4.69) is 21.9 Å². The molecule has 1 aliphatic rings. The minimum Gasteiger partial charge on any atom is -0.492 e. The molecule has 0 aliphatic carbocycles. The summed E-state index contributed by atoms with van der Waals surface area (Å²) in [5.74, 6) is 0.734. The molecule has 2 aromatic rings. The van der Waals surface area contributed by atoms with Crippen LogP contribution in [0.1, 0.15) is 19.8 Å². The first-order valence-corrected chi connectivity index (χ1v) is 8.75. The predicted octanol–water partition coefficient (Wildman–Crippen LogP) is 3.27. The van der Waals surface area contributed by atoms with Crippen LogP contribution in [0.3, 0.4) is 0 Å². The third-order valence-corrected chi connectivity index (χ3v) is 4.63. The molecule has 2 heterocycles. The van der Waals surface area contributed by atoms with Crippen LogP contribution in [0.2, 0.25) is 5.15 Å². The van der Waals surface area contributed by atoms with E-state index in [9.17, 15) is 4.79 Å². The molecule has 7 heteroatoms. The van der Waals surface area contributed by atoms with Crippen molar-refractivity contribution in [3.05, 3.63) is 36.3 Å². The number of amides is 1. The van der Waals surface area contributed by atoms with E-state index in [0.717, 1.165) is 35.2 Å². The number of benzene rings is 1. The topological polar surface area (TPSA) is 67.4 Å². The van der Waals surface area contributed by atoms with Gasteiger partial charge in [-0.15, -0.1) is 0 Å². The Bertz CT molecular complexity index is 788. The second-order valence-corrected chi connectivity index (χ2v) is 6.27. The predicted molar refractivity (Wildman–Crippen MR) is 99.1 cm³/mol. The molecule has 1 aromatic carbocycles. The van der Waals surface area contributed by atoms with Crippen molar-refractivity contribution in [1.82, 2.24) is 14.9 Å². The first kappa shape index (κ1) is 17.5. The zero-order valence-corrected chi connectivity index (χ0v) is 14.9. The summed E-state index contributed by atoms with van der Waals surface area (Å²) in [7, 11) is 0. The molecule has 1 N–H and O–H groups in total. The highest BCUT2D eigenvalue weighted by molar-refractivity contribution is 6.34. The Kier molecular flexibility index (Phi) is 5.38. The molecule has 0 saturated carbocycles. The molecule has 0 unspecified atom stereocenters. The van der Waals surface area contributed by atoms with E-state index in [1.165, 1.54) is 12.4 Å². The SMILES string of the molecule is C=CC(=O)N1CCC(Nc2cc3c(Cl)ncnc3cc2OCC)CC1. The molecule has 25 heavy (non-hydrogen) atoms. The molecule has 1 aromatic heterocycles. The Morgan fingerprint density at radius 2 is 2.20 bits per heavy atom. The van der Waals surface area contributed by atoms with Crippen LogP contribution in [0.15, 0.2) is 31.1 Å². The first-order chi connectivity index (χ1) is 12.1. The van der Waals surface area contributed by atoms with E-state index in [0.29, 0.717) is 24.8 Å². The fourth-order valence-electron chi connectivity index (χ4n) is 3.03. The van der Waals surface area contributed by atoms with Crippen molar-refractivity contribution in [3.8, 4) is 5.75 Å². The van der Waals surface area contributed by atoms with E-state index >= 15 is 0 Å². The number of nitrogens with one attached hydrogen (secondary N) is 1. The maximum atomic E-state index is 11.7. The number of hydrogen-bond acceptors (Lipinski definition) is 5. The molecule has 6 nitrogen and oxygen atoms in total. The van der Waals surface area contributed by atoms with Crippen molar-refractivity contribution in [2.75, 3.05) is 25.0 Å². The van der Waals surface area contributed by atoms with Gasteiger partial charge < -0.3 is 15.0 Å². The summed E-state index contributed by atoms with van der Waals surface area (Å²) in [5.41, 5.74) is 1.62. The number of halogens is 1. The number of aromatic nitrogens is 2. The molecule has 0 bridgehead atoms. The summed E-state index contributed by atoms with van der Waals surface area (Å²) in [6.07, 6.45) is 4.54. The Morgan fingerprint density at radius 3 is 2.88 bits per heavy atom. The van der Waals surface area contributed by atoms with Crippen molar-refractivity contribution in [2.45, 2.75) is 25.8 Å². The van der Waals surface area contributed by atoms with Crippen molar-refractivity contribution >= 4 is 34.1 Å². The third kappa shape index (κ3) is 3.85. The molecular weight excluding hydrogens is 340 g/mol. The van der Waals surface area contributed by atoms with Gasteiger partial charge in [0.25, 0.3) is 0 Å². The summed E-state index contributed by atoms with van der Waals surface area (Å²) in [4.78, 5) is 21.8. The first-order valence-electron chi connectivity index (χ1n) is 8.37. The number of anilines is 1. The van der Waals surface area contributed by atoms with Crippen molar-refractivity contribution < 1.29 is 9.53 Å². The summed E-state index contributed by atoms with van der Waals surface area (Å²) in [5, 5.41) is 4.73. The van der Waals surface area contributed by atoms with Crippen LogP contribution in [0.5, 0.6) is 5.75 Å². The lowest BCUT2D eigenvalue weighted by Gasteiger charge is -2.32. The minimum absolute atomic E-state index is 0.0110. The quantitative estimate of drug-likeness (QED) is 0.654. The van der Waals surface area contributed by atoms with Crippen molar-refractivity contribution in [2.24, 2.45) is 0 Å². The van der Waals surface area contributed by atoms with Gasteiger partial charge in [-0.3, -0.25) is 4.79 Å². The molecule has 132 valence electrons. The number of hydrogen-bond donors (Lipinski definition) is 1. The van der Waals surface area contributed by atoms with Gasteiger partial charge in [-0.1, -0.05) is 18.2 Å². The van der Waals surface area contributed by atoms with Gasteiger partial charge in [0.05, 0.1) is 17.8 Å². The zero-order valence-electron chi connectivity index (χ0n) is 14.2. The number of piperidine rings is 1. The van der Waals surface area contributed by atoms with Crippen LogP contribution in [-0.4, -0.2) is 46.5 Å². The highest BCUT2D eigenvalue weighted by atomic mass is 35.5. The van der Waals surface area contributed by atoms with Gasteiger partial charge in [0, 0.05) is 30.6 Å². The average Bonchev–Trinajstić information content (AvgIpc) is 2.63. The van der Waals surface area contributed by atoms with E-state index < -0.39 is 0 Å². The number of carbonyl (C=O) groups excluding carboxylic acids is 1.